The maximum Gasteiger partial charge on any atom is 0.417 e. The molecule has 0 saturated heterocycles. The highest BCUT2D eigenvalue weighted by Crippen LogP contribution is 2.61. The van der Waals surface area contributed by atoms with E-state index in [0.717, 1.165) is 12.1 Å². The molecule has 1 heterocycles. The van der Waals surface area contributed by atoms with Crippen LogP contribution in [0.4, 0.5) is 26.3 Å². The Kier molecular flexibility index (Phi) is 6.54. The van der Waals surface area contributed by atoms with Gasteiger partial charge in [0.05, 0.1) is 11.1 Å². The second-order valence-corrected chi connectivity index (χ2v) is 10.9. The summed E-state index contributed by atoms with van der Waals surface area (Å²) in [6.45, 7) is 0. The molecule has 1 aromatic heterocycles. The maximum absolute atomic E-state index is 13.6. The first kappa shape index (κ1) is 27.2. The third-order valence-corrected chi connectivity index (χ3v) is 8.96. The van der Waals surface area contributed by atoms with Crippen LogP contribution in [-0.2, 0) is 36.0 Å². The molecule has 3 aliphatic rings. The van der Waals surface area contributed by atoms with Crippen LogP contribution in [0.1, 0.15) is 61.0 Å². The molecule has 39 heavy (non-hydrogen) atoms. The van der Waals surface area contributed by atoms with Gasteiger partial charge in [-0.05, 0) is 68.1 Å². The molecule has 1 amide bonds. The van der Waals surface area contributed by atoms with E-state index < -0.39 is 46.1 Å². The smallest absolute Gasteiger partial charge is 0.369 e. The van der Waals surface area contributed by atoms with Crippen molar-refractivity contribution in [3.05, 3.63) is 71.0 Å². The molecule has 1 atom stereocenters. The van der Waals surface area contributed by atoms with Crippen LogP contribution in [0.3, 0.4) is 0 Å². The van der Waals surface area contributed by atoms with Crippen LogP contribution >= 0.6 is 0 Å². The normalized spacial score (nSPS) is 24.1. The van der Waals surface area contributed by atoms with Crippen molar-refractivity contribution < 1.29 is 31.1 Å². The fourth-order valence-corrected chi connectivity index (χ4v) is 6.84. The first-order valence-electron chi connectivity index (χ1n) is 12.8. The van der Waals surface area contributed by atoms with Gasteiger partial charge in [0.15, 0.2) is 5.82 Å². The van der Waals surface area contributed by atoms with E-state index in [0.29, 0.717) is 44.3 Å². The highest BCUT2D eigenvalue weighted by atomic mass is 19.4. The van der Waals surface area contributed by atoms with Gasteiger partial charge in [-0.1, -0.05) is 36.4 Å². The van der Waals surface area contributed by atoms with Gasteiger partial charge in [0.25, 0.3) is 0 Å². The van der Waals surface area contributed by atoms with E-state index >= 15 is 0 Å². The Morgan fingerprint density at radius 2 is 1.41 bits per heavy atom. The lowest BCUT2D eigenvalue weighted by Crippen LogP contribution is -2.52. The van der Waals surface area contributed by atoms with Gasteiger partial charge in [-0.3, -0.25) is 4.79 Å². The number of aromatic nitrogens is 3. The summed E-state index contributed by atoms with van der Waals surface area (Å²) >= 11 is 0. The summed E-state index contributed by atoms with van der Waals surface area (Å²) in [5, 5.41) is 8.49. The molecule has 2 N–H and O–H groups in total. The number of primary amides is 1. The number of nitrogens with two attached hydrogens (primary N) is 1. The van der Waals surface area contributed by atoms with Crippen LogP contribution in [0.2, 0.25) is 0 Å². The summed E-state index contributed by atoms with van der Waals surface area (Å²) in [7, 11) is 1.66. The van der Waals surface area contributed by atoms with E-state index in [9.17, 15) is 31.1 Å². The van der Waals surface area contributed by atoms with E-state index in [1.807, 2.05) is 0 Å². The van der Waals surface area contributed by atoms with Crippen molar-refractivity contribution in [1.82, 2.24) is 14.8 Å². The van der Waals surface area contributed by atoms with Crippen LogP contribution in [0.15, 0.2) is 48.5 Å². The largest absolute Gasteiger partial charge is 0.417 e. The number of carbonyl (C=O) groups is 1. The number of amides is 1. The summed E-state index contributed by atoms with van der Waals surface area (Å²) in [6, 6.07) is 10.5. The number of nitrogens with zero attached hydrogens (tertiary/aromatic N) is 3. The Labute approximate surface area is 221 Å². The molecule has 2 aromatic carbocycles. The van der Waals surface area contributed by atoms with Gasteiger partial charge in [-0.2, -0.15) is 26.3 Å². The average Bonchev–Trinajstić information content (AvgIpc) is 3.29. The lowest BCUT2D eigenvalue weighted by molar-refractivity contribution is -0.139. The number of hydrogen-bond acceptors (Lipinski definition) is 3. The summed E-state index contributed by atoms with van der Waals surface area (Å²) < 4.78 is 83.4. The highest BCUT2D eigenvalue weighted by Gasteiger charge is 2.55. The van der Waals surface area contributed by atoms with Crippen LogP contribution in [0.25, 0.3) is 11.4 Å². The van der Waals surface area contributed by atoms with E-state index in [1.165, 1.54) is 36.4 Å². The number of halogens is 6. The Bertz CT molecular complexity index is 1370. The zero-order chi connectivity index (χ0) is 28.2. The maximum atomic E-state index is 13.6. The number of rotatable bonds is 6. The summed E-state index contributed by atoms with van der Waals surface area (Å²) in [5.41, 5.74) is 3.25. The topological polar surface area (TPSA) is 73.8 Å². The van der Waals surface area contributed by atoms with E-state index in [2.05, 4.69) is 10.2 Å². The van der Waals surface area contributed by atoms with E-state index in [4.69, 9.17) is 5.73 Å². The molecular weight excluding hydrogens is 522 g/mol. The molecular formula is C28H28F6N4O. The molecule has 3 saturated carbocycles. The van der Waals surface area contributed by atoms with Crippen molar-refractivity contribution in [3.8, 4) is 11.4 Å². The average molecular weight is 551 g/mol. The van der Waals surface area contributed by atoms with E-state index in [1.54, 1.807) is 11.6 Å². The zero-order valence-electron chi connectivity index (χ0n) is 21.2. The zero-order valence-corrected chi connectivity index (χ0v) is 21.2. The second-order valence-electron chi connectivity index (χ2n) is 10.9. The summed E-state index contributed by atoms with van der Waals surface area (Å²) in [5.74, 6) is -0.687. The lowest BCUT2D eigenvalue weighted by atomic mass is 9.49. The molecule has 11 heteroatoms. The molecule has 208 valence electrons. The number of carbonyl (C=O) groups excluding carboxylic acids is 1. The molecule has 6 rings (SSSR count). The first-order chi connectivity index (χ1) is 18.3. The molecule has 0 spiro atoms. The highest BCUT2D eigenvalue weighted by molar-refractivity contribution is 5.78. The van der Waals surface area contributed by atoms with Crippen LogP contribution in [-0.4, -0.2) is 20.7 Å². The van der Waals surface area contributed by atoms with Crippen molar-refractivity contribution in [2.24, 2.45) is 24.1 Å². The quantitative estimate of drug-likeness (QED) is 0.358. The molecule has 1 unspecified atom stereocenters. The molecule has 3 aliphatic carbocycles. The minimum atomic E-state index is -4.55. The second kappa shape index (κ2) is 9.38. The Morgan fingerprint density at radius 1 is 0.872 bits per heavy atom. The number of hydrogen-bond donors (Lipinski definition) is 1. The number of benzene rings is 2. The van der Waals surface area contributed by atoms with Crippen LogP contribution in [0, 0.1) is 11.3 Å². The van der Waals surface area contributed by atoms with Crippen molar-refractivity contribution in [3.63, 3.8) is 0 Å². The Balaban J connectivity index is 1.42. The minimum Gasteiger partial charge on any atom is -0.369 e. The SMILES string of the molecule is Cn1c(-c2ccccc2C(F)(F)F)nnc1C12CCC(C(Cc3ccccc3C(F)(F)F)C(N)=O)(CC1)CC2. The molecule has 0 aliphatic heterocycles. The van der Waals surface area contributed by atoms with Gasteiger partial charge in [0, 0.05) is 23.9 Å². The predicted octanol–water partition coefficient (Wildman–Crippen LogP) is 6.46. The molecule has 2 bridgehead atoms. The van der Waals surface area contributed by atoms with Gasteiger partial charge in [-0.15, -0.1) is 10.2 Å². The van der Waals surface area contributed by atoms with Gasteiger partial charge in [0.1, 0.15) is 5.82 Å². The monoisotopic (exact) mass is 550 g/mol. The molecule has 0 radical (unpaired) electrons. The van der Waals surface area contributed by atoms with Gasteiger partial charge >= 0.3 is 12.4 Å². The fourth-order valence-electron chi connectivity index (χ4n) is 6.84. The van der Waals surface area contributed by atoms with Crippen molar-refractivity contribution in [2.75, 3.05) is 0 Å². The standard InChI is InChI=1S/C28H28F6N4O/c1-38-23(18-7-3-5-9-20(18)28(32,33)34)36-37-24(38)26-13-10-25(11-14-26,12-15-26)21(22(35)39)16-17-6-2-4-8-19(17)27(29,30)31/h2-9,21H,10-16H2,1H3,(H2,35,39). The Hall–Kier alpha value is -3.37. The number of fused-ring (bicyclic) bond motifs is 3. The van der Waals surface area contributed by atoms with Crippen molar-refractivity contribution in [2.45, 2.75) is 62.7 Å². The number of alkyl halides is 6. The minimum absolute atomic E-state index is 0.0480. The predicted molar refractivity (Wildman–Crippen MR) is 131 cm³/mol. The molecule has 3 aromatic rings. The van der Waals surface area contributed by atoms with Gasteiger partial charge in [-0.25, -0.2) is 0 Å². The Morgan fingerprint density at radius 3 is 1.97 bits per heavy atom. The van der Waals surface area contributed by atoms with E-state index in [-0.39, 0.29) is 23.4 Å². The van der Waals surface area contributed by atoms with Gasteiger partial charge in [0.2, 0.25) is 5.91 Å². The third-order valence-electron chi connectivity index (χ3n) is 8.96. The lowest BCUT2D eigenvalue weighted by Gasteiger charge is -2.55. The van der Waals surface area contributed by atoms with Crippen LogP contribution in [0.5, 0.6) is 0 Å². The van der Waals surface area contributed by atoms with Crippen molar-refractivity contribution in [1.29, 1.82) is 0 Å². The summed E-state index contributed by atoms with van der Waals surface area (Å²) in [6.07, 6.45) is -5.77. The fraction of sp³-hybridized carbons (Fsp3) is 0.464. The van der Waals surface area contributed by atoms with Crippen molar-refractivity contribution >= 4 is 5.91 Å². The summed E-state index contributed by atoms with van der Waals surface area (Å²) in [4.78, 5) is 12.6. The van der Waals surface area contributed by atoms with Crippen LogP contribution < -0.4 is 5.73 Å². The van der Waals surface area contributed by atoms with Gasteiger partial charge < -0.3 is 10.3 Å². The first-order valence-corrected chi connectivity index (χ1v) is 12.8. The third kappa shape index (κ3) is 4.69. The molecule has 5 nitrogen and oxygen atoms in total. The molecule has 3 fully saturated rings.